The number of hydrogen-bond donors (Lipinski definition) is 3. The van der Waals surface area contributed by atoms with Gasteiger partial charge in [-0.3, -0.25) is 10.2 Å². The van der Waals surface area contributed by atoms with Crippen LogP contribution in [0.2, 0.25) is 0 Å². The molecule has 0 spiro atoms. The summed E-state index contributed by atoms with van der Waals surface area (Å²) in [6.45, 7) is 3.39. The first-order chi connectivity index (χ1) is 19.6. The first kappa shape index (κ1) is 27.4. The molecule has 2 heterocycles. The summed E-state index contributed by atoms with van der Waals surface area (Å²) in [4.78, 5) is 21.6. The van der Waals surface area contributed by atoms with Crippen molar-refractivity contribution in [3.63, 3.8) is 0 Å². The SMILES string of the molecule is CC(C)Oc1ccc(C(=N)c2c(N)ncnc2NCc2oc3ccc(F)cc3c(=O)c2-c2cccc(F)c2)cc1F. The fourth-order valence-corrected chi connectivity index (χ4v) is 4.37. The maximum Gasteiger partial charge on any atom is 0.200 e. The van der Waals surface area contributed by atoms with Gasteiger partial charge in [0.25, 0.3) is 0 Å². The van der Waals surface area contributed by atoms with Crippen LogP contribution in [0.3, 0.4) is 0 Å². The van der Waals surface area contributed by atoms with Crippen LogP contribution in [0.4, 0.5) is 24.8 Å². The van der Waals surface area contributed by atoms with Gasteiger partial charge in [-0.1, -0.05) is 12.1 Å². The van der Waals surface area contributed by atoms with E-state index in [2.05, 4.69) is 15.3 Å². The standard InChI is InChI=1S/C30H24F3N5O3/c1-15(2)40-23-8-6-17(11-21(23)33)27(34)26-29(35)37-14-38-30(26)36-13-24-25(16-4-3-5-18(31)10-16)28(39)20-12-19(32)7-9-22(20)41-24/h3-12,14-15,34H,13H2,1-2H3,(H3,35,36,37,38). The molecule has 0 fully saturated rings. The Bertz CT molecular complexity index is 1860. The van der Waals surface area contributed by atoms with Crippen molar-refractivity contribution in [3.05, 3.63) is 112 Å². The Kier molecular flexibility index (Phi) is 7.43. The third-order valence-electron chi connectivity index (χ3n) is 6.16. The lowest BCUT2D eigenvalue weighted by molar-refractivity contribution is 0.231. The quantitative estimate of drug-likeness (QED) is 0.197. The van der Waals surface area contributed by atoms with Crippen LogP contribution in [0, 0.1) is 22.9 Å². The van der Waals surface area contributed by atoms with Crippen LogP contribution in [0.25, 0.3) is 22.1 Å². The number of halogens is 3. The average Bonchev–Trinajstić information content (AvgIpc) is 2.93. The summed E-state index contributed by atoms with van der Waals surface area (Å²) in [5, 5.41) is 11.8. The highest BCUT2D eigenvalue weighted by atomic mass is 19.1. The van der Waals surface area contributed by atoms with E-state index in [0.717, 1.165) is 18.2 Å². The Morgan fingerprint density at radius 2 is 1.83 bits per heavy atom. The number of fused-ring (bicyclic) bond motifs is 1. The summed E-state index contributed by atoms with van der Waals surface area (Å²) in [6, 6.07) is 13.0. The van der Waals surface area contributed by atoms with Gasteiger partial charge in [0.1, 0.15) is 40.9 Å². The molecule has 5 rings (SSSR count). The van der Waals surface area contributed by atoms with E-state index in [0.29, 0.717) is 0 Å². The minimum Gasteiger partial charge on any atom is -0.488 e. The number of nitrogens with one attached hydrogen (secondary N) is 2. The zero-order chi connectivity index (χ0) is 29.3. The van der Waals surface area contributed by atoms with Crippen LogP contribution in [0.1, 0.15) is 30.7 Å². The molecule has 0 unspecified atom stereocenters. The molecule has 3 aromatic carbocycles. The van der Waals surface area contributed by atoms with Crippen molar-refractivity contribution in [1.82, 2.24) is 9.97 Å². The van der Waals surface area contributed by atoms with Crippen molar-refractivity contribution in [2.24, 2.45) is 0 Å². The van der Waals surface area contributed by atoms with E-state index in [4.69, 9.17) is 20.3 Å². The molecule has 41 heavy (non-hydrogen) atoms. The largest absolute Gasteiger partial charge is 0.488 e. The fraction of sp³-hybridized carbons (Fsp3) is 0.133. The van der Waals surface area contributed by atoms with Gasteiger partial charge in [0, 0.05) is 5.56 Å². The van der Waals surface area contributed by atoms with Crippen molar-refractivity contribution in [3.8, 4) is 16.9 Å². The number of anilines is 2. The molecule has 0 bridgehead atoms. The molecule has 5 aromatic rings. The molecular formula is C30H24F3N5O3. The van der Waals surface area contributed by atoms with E-state index < -0.39 is 22.9 Å². The summed E-state index contributed by atoms with van der Waals surface area (Å²) >= 11 is 0. The topological polar surface area (TPSA) is 127 Å². The van der Waals surface area contributed by atoms with Gasteiger partial charge in [0.15, 0.2) is 11.6 Å². The van der Waals surface area contributed by atoms with Gasteiger partial charge in [-0.15, -0.1) is 0 Å². The van der Waals surface area contributed by atoms with Crippen molar-refractivity contribution in [2.75, 3.05) is 11.1 Å². The second-order valence-electron chi connectivity index (χ2n) is 9.40. The Labute approximate surface area is 232 Å². The number of aromatic nitrogens is 2. The van der Waals surface area contributed by atoms with E-state index in [1.165, 1.54) is 48.8 Å². The first-order valence-corrected chi connectivity index (χ1v) is 12.5. The smallest absolute Gasteiger partial charge is 0.200 e. The minimum atomic E-state index is -0.653. The molecule has 11 heteroatoms. The molecule has 0 atom stereocenters. The highest BCUT2D eigenvalue weighted by Crippen LogP contribution is 2.29. The molecule has 8 nitrogen and oxygen atoms in total. The van der Waals surface area contributed by atoms with E-state index in [-0.39, 0.29) is 74.7 Å². The molecule has 0 radical (unpaired) electrons. The molecule has 0 saturated carbocycles. The number of nitrogen functional groups attached to an aromatic ring is 1. The van der Waals surface area contributed by atoms with E-state index in [1.54, 1.807) is 13.8 Å². The summed E-state index contributed by atoms with van der Waals surface area (Å²) in [5.41, 5.74) is 6.06. The molecule has 0 aliphatic rings. The second-order valence-corrected chi connectivity index (χ2v) is 9.40. The number of nitrogens with two attached hydrogens (primary N) is 1. The van der Waals surface area contributed by atoms with Gasteiger partial charge < -0.3 is 20.2 Å². The molecule has 0 amide bonds. The van der Waals surface area contributed by atoms with Gasteiger partial charge in [-0.2, -0.15) is 0 Å². The third-order valence-corrected chi connectivity index (χ3v) is 6.16. The van der Waals surface area contributed by atoms with Crippen LogP contribution in [-0.4, -0.2) is 21.8 Å². The number of benzene rings is 3. The van der Waals surface area contributed by atoms with Gasteiger partial charge in [-0.05, 0) is 67.9 Å². The molecule has 208 valence electrons. The second kappa shape index (κ2) is 11.1. The lowest BCUT2D eigenvalue weighted by Crippen LogP contribution is -2.16. The molecule has 0 aliphatic heterocycles. The predicted octanol–water partition coefficient (Wildman–Crippen LogP) is 6.06. The Morgan fingerprint density at radius 1 is 1.05 bits per heavy atom. The van der Waals surface area contributed by atoms with Crippen molar-refractivity contribution >= 4 is 28.3 Å². The summed E-state index contributed by atoms with van der Waals surface area (Å²) in [7, 11) is 0. The van der Waals surface area contributed by atoms with Crippen molar-refractivity contribution in [1.29, 1.82) is 5.41 Å². The maximum absolute atomic E-state index is 14.7. The maximum atomic E-state index is 14.7. The highest BCUT2D eigenvalue weighted by molar-refractivity contribution is 6.16. The Balaban J connectivity index is 1.55. The molecule has 0 aliphatic carbocycles. The van der Waals surface area contributed by atoms with Gasteiger partial charge >= 0.3 is 0 Å². The lowest BCUT2D eigenvalue weighted by atomic mass is 10.0. The van der Waals surface area contributed by atoms with Crippen molar-refractivity contribution < 1.29 is 22.3 Å². The lowest BCUT2D eigenvalue weighted by Gasteiger charge is -2.16. The van der Waals surface area contributed by atoms with Crippen LogP contribution in [-0.2, 0) is 6.54 Å². The Hall–Kier alpha value is -5.19. The zero-order valence-electron chi connectivity index (χ0n) is 22.0. The number of rotatable bonds is 8. The molecule has 2 aromatic heterocycles. The Morgan fingerprint density at radius 3 is 2.56 bits per heavy atom. The third kappa shape index (κ3) is 5.60. The van der Waals surface area contributed by atoms with E-state index >= 15 is 0 Å². The number of ether oxygens (including phenoxy) is 1. The molecular weight excluding hydrogens is 535 g/mol. The fourth-order valence-electron chi connectivity index (χ4n) is 4.37. The summed E-state index contributed by atoms with van der Waals surface area (Å²) in [5.74, 6) is -1.63. The number of hydrogen-bond acceptors (Lipinski definition) is 8. The summed E-state index contributed by atoms with van der Waals surface area (Å²) in [6.07, 6.45) is 0.941. The normalized spacial score (nSPS) is 11.2. The highest BCUT2D eigenvalue weighted by Gasteiger charge is 2.21. The molecule has 0 saturated heterocycles. The van der Waals surface area contributed by atoms with Crippen molar-refractivity contribution in [2.45, 2.75) is 26.5 Å². The van der Waals surface area contributed by atoms with E-state index in [1.807, 2.05) is 0 Å². The first-order valence-electron chi connectivity index (χ1n) is 12.5. The van der Waals surface area contributed by atoms with Gasteiger partial charge in [0.05, 0.1) is 34.9 Å². The summed E-state index contributed by atoms with van der Waals surface area (Å²) < 4.78 is 54.2. The molecule has 4 N–H and O–H groups in total. The van der Waals surface area contributed by atoms with Crippen LogP contribution < -0.4 is 21.2 Å². The predicted molar refractivity (Wildman–Crippen MR) is 150 cm³/mol. The monoisotopic (exact) mass is 559 g/mol. The van der Waals surface area contributed by atoms with Gasteiger partial charge in [-0.25, -0.2) is 23.1 Å². The van der Waals surface area contributed by atoms with E-state index in [9.17, 15) is 18.0 Å². The average molecular weight is 560 g/mol. The minimum absolute atomic E-state index is 0.00585. The van der Waals surface area contributed by atoms with Crippen LogP contribution in [0.5, 0.6) is 5.75 Å². The van der Waals surface area contributed by atoms with Crippen LogP contribution in [0.15, 0.2) is 76.2 Å². The van der Waals surface area contributed by atoms with Crippen LogP contribution >= 0.6 is 0 Å². The zero-order valence-corrected chi connectivity index (χ0v) is 22.0. The number of nitrogens with zero attached hydrogens (tertiary/aromatic N) is 2. The van der Waals surface area contributed by atoms with Gasteiger partial charge in [0.2, 0.25) is 5.43 Å².